The Balaban J connectivity index is 1.99. The van der Waals surface area contributed by atoms with Crippen LogP contribution in [0.4, 0.5) is 0 Å². The third kappa shape index (κ3) is 5.59. The molecule has 8 heteroatoms. The Kier molecular flexibility index (Phi) is 6.30. The number of hydrogen-bond acceptors (Lipinski definition) is 4. The number of pyridine rings is 1. The first kappa shape index (κ1) is 18.4. The molecule has 1 aromatic carbocycles. The lowest BCUT2D eigenvalue weighted by Gasteiger charge is -2.19. The van der Waals surface area contributed by atoms with E-state index in [2.05, 4.69) is 10.3 Å². The zero-order valence-electron chi connectivity index (χ0n) is 13.1. The molecule has 0 saturated heterocycles. The van der Waals surface area contributed by atoms with Gasteiger partial charge in [-0.2, -0.15) is 4.31 Å². The van der Waals surface area contributed by atoms with Gasteiger partial charge in [0, 0.05) is 17.8 Å². The van der Waals surface area contributed by atoms with E-state index in [-0.39, 0.29) is 19.6 Å². The van der Waals surface area contributed by atoms with Gasteiger partial charge in [-0.3, -0.25) is 9.78 Å². The lowest BCUT2D eigenvalue weighted by atomic mass is 10.2. The molecule has 24 heavy (non-hydrogen) atoms. The molecule has 0 saturated carbocycles. The molecule has 0 fully saturated rings. The van der Waals surface area contributed by atoms with Crippen LogP contribution in [-0.4, -0.2) is 36.4 Å². The maximum Gasteiger partial charge on any atom is 0.235 e. The molecule has 0 aliphatic carbocycles. The third-order valence-corrected chi connectivity index (χ3v) is 4.85. The topological polar surface area (TPSA) is 79.4 Å². The van der Waals surface area contributed by atoms with Crippen LogP contribution in [0.1, 0.15) is 11.3 Å². The van der Waals surface area contributed by atoms with Crippen LogP contribution < -0.4 is 5.32 Å². The van der Waals surface area contributed by atoms with Crippen molar-refractivity contribution < 1.29 is 13.2 Å². The normalized spacial score (nSPS) is 11.5. The number of hydrogen-bond donors (Lipinski definition) is 1. The predicted octanol–water partition coefficient (Wildman–Crippen LogP) is 1.81. The van der Waals surface area contributed by atoms with Crippen LogP contribution in [0, 0.1) is 0 Å². The number of carbonyl (C=O) groups is 1. The fourth-order valence-corrected chi connectivity index (χ4v) is 2.94. The van der Waals surface area contributed by atoms with E-state index in [0.29, 0.717) is 10.7 Å². The Labute approximate surface area is 146 Å². The number of rotatable bonds is 7. The molecule has 128 valence electrons. The highest BCUT2D eigenvalue weighted by Crippen LogP contribution is 2.14. The van der Waals surface area contributed by atoms with Gasteiger partial charge in [0.2, 0.25) is 15.9 Å². The van der Waals surface area contributed by atoms with Crippen LogP contribution in [0.3, 0.4) is 0 Å². The van der Waals surface area contributed by atoms with Crippen molar-refractivity contribution in [1.29, 1.82) is 0 Å². The highest BCUT2D eigenvalue weighted by molar-refractivity contribution is 7.88. The number of aromatic nitrogens is 1. The number of nitrogens with one attached hydrogen (secondary N) is 1. The van der Waals surface area contributed by atoms with Crippen molar-refractivity contribution in [1.82, 2.24) is 14.6 Å². The Hall–Kier alpha value is -1.96. The Morgan fingerprint density at radius 2 is 1.92 bits per heavy atom. The quantitative estimate of drug-likeness (QED) is 0.809. The van der Waals surface area contributed by atoms with E-state index >= 15 is 0 Å². The van der Waals surface area contributed by atoms with Crippen molar-refractivity contribution in [2.75, 3.05) is 12.8 Å². The fourth-order valence-electron chi connectivity index (χ4n) is 2.01. The summed E-state index contributed by atoms with van der Waals surface area (Å²) in [4.78, 5) is 16.2. The van der Waals surface area contributed by atoms with Gasteiger partial charge in [0.1, 0.15) is 0 Å². The van der Waals surface area contributed by atoms with Crippen molar-refractivity contribution in [3.8, 4) is 0 Å². The highest BCUT2D eigenvalue weighted by Gasteiger charge is 2.21. The van der Waals surface area contributed by atoms with Crippen LogP contribution in [-0.2, 0) is 27.9 Å². The van der Waals surface area contributed by atoms with Crippen molar-refractivity contribution >= 4 is 27.5 Å². The Morgan fingerprint density at radius 1 is 1.21 bits per heavy atom. The van der Waals surface area contributed by atoms with E-state index in [4.69, 9.17) is 11.6 Å². The largest absolute Gasteiger partial charge is 0.351 e. The van der Waals surface area contributed by atoms with E-state index < -0.39 is 15.9 Å². The molecule has 6 nitrogen and oxygen atoms in total. The molecular weight excluding hydrogens is 350 g/mol. The molecule has 1 N–H and O–H groups in total. The van der Waals surface area contributed by atoms with Gasteiger partial charge in [0.05, 0.1) is 25.0 Å². The van der Waals surface area contributed by atoms with Crippen molar-refractivity contribution in [3.63, 3.8) is 0 Å². The van der Waals surface area contributed by atoms with Gasteiger partial charge in [-0.15, -0.1) is 0 Å². The van der Waals surface area contributed by atoms with E-state index in [9.17, 15) is 13.2 Å². The lowest BCUT2D eigenvalue weighted by molar-refractivity contribution is -0.121. The molecule has 1 amide bonds. The van der Waals surface area contributed by atoms with Gasteiger partial charge in [-0.25, -0.2) is 8.42 Å². The molecule has 0 bridgehead atoms. The van der Waals surface area contributed by atoms with Gasteiger partial charge in [0.15, 0.2) is 0 Å². The number of carbonyl (C=O) groups excluding carboxylic acids is 1. The van der Waals surface area contributed by atoms with E-state index in [1.807, 2.05) is 6.07 Å². The van der Waals surface area contributed by atoms with Gasteiger partial charge in [0.25, 0.3) is 0 Å². The second kappa shape index (κ2) is 8.23. The fraction of sp³-hybridized carbons (Fsp3) is 0.250. The standard InChI is InChI=1S/C16H18ClN3O3S/c1-24(22,23)20(11-14-7-4-5-9-18-14)12-16(21)19-10-13-6-2-3-8-15(13)17/h2-9H,10-12H2,1H3,(H,19,21). The maximum absolute atomic E-state index is 12.1. The van der Waals surface area contributed by atoms with E-state index in [0.717, 1.165) is 16.1 Å². The van der Waals surface area contributed by atoms with E-state index in [1.165, 1.54) is 0 Å². The number of amides is 1. The molecule has 0 unspecified atom stereocenters. The monoisotopic (exact) mass is 367 g/mol. The average molecular weight is 368 g/mol. The van der Waals surface area contributed by atoms with Crippen molar-refractivity contribution in [3.05, 3.63) is 64.9 Å². The van der Waals surface area contributed by atoms with Gasteiger partial charge in [-0.1, -0.05) is 35.9 Å². The molecule has 0 aliphatic rings. The summed E-state index contributed by atoms with van der Waals surface area (Å²) in [5.41, 5.74) is 1.34. The summed E-state index contributed by atoms with van der Waals surface area (Å²) in [5, 5.41) is 3.23. The molecule has 1 aromatic heterocycles. The minimum atomic E-state index is -3.54. The van der Waals surface area contributed by atoms with Crippen LogP contribution in [0.2, 0.25) is 5.02 Å². The molecule has 0 radical (unpaired) electrons. The summed E-state index contributed by atoms with van der Waals surface area (Å²) in [5.74, 6) is -0.406. The molecule has 2 rings (SSSR count). The van der Waals surface area contributed by atoms with Gasteiger partial charge >= 0.3 is 0 Å². The van der Waals surface area contributed by atoms with Crippen LogP contribution >= 0.6 is 11.6 Å². The summed E-state index contributed by atoms with van der Waals surface area (Å²) in [6.07, 6.45) is 2.64. The number of halogens is 1. The average Bonchev–Trinajstić information content (AvgIpc) is 2.53. The SMILES string of the molecule is CS(=O)(=O)N(CC(=O)NCc1ccccc1Cl)Cc1ccccn1. The Bertz CT molecular complexity index is 797. The zero-order valence-corrected chi connectivity index (χ0v) is 14.7. The molecule has 0 spiro atoms. The second-order valence-corrected chi connectivity index (χ2v) is 7.61. The summed E-state index contributed by atoms with van der Waals surface area (Å²) in [6, 6.07) is 12.4. The molecular formula is C16H18ClN3O3S. The number of nitrogens with zero attached hydrogens (tertiary/aromatic N) is 2. The molecule has 0 aliphatic heterocycles. The molecule has 2 aromatic rings. The minimum absolute atomic E-state index is 0.0409. The van der Waals surface area contributed by atoms with Crippen LogP contribution in [0.5, 0.6) is 0 Å². The van der Waals surface area contributed by atoms with E-state index in [1.54, 1.807) is 42.6 Å². The summed E-state index contributed by atoms with van der Waals surface area (Å²) >= 11 is 6.03. The van der Waals surface area contributed by atoms with Crippen LogP contribution in [0.25, 0.3) is 0 Å². The zero-order chi connectivity index (χ0) is 17.6. The summed E-state index contributed by atoms with van der Waals surface area (Å²) in [6.45, 7) is -0.00125. The number of sulfonamides is 1. The summed E-state index contributed by atoms with van der Waals surface area (Å²) < 4.78 is 24.9. The van der Waals surface area contributed by atoms with Gasteiger partial charge < -0.3 is 5.32 Å². The first-order chi connectivity index (χ1) is 11.4. The van der Waals surface area contributed by atoms with Crippen molar-refractivity contribution in [2.45, 2.75) is 13.1 Å². The summed E-state index contributed by atoms with van der Waals surface area (Å²) in [7, 11) is -3.54. The number of benzene rings is 1. The lowest BCUT2D eigenvalue weighted by Crippen LogP contribution is -2.39. The van der Waals surface area contributed by atoms with Gasteiger partial charge in [-0.05, 0) is 23.8 Å². The first-order valence-corrected chi connectivity index (χ1v) is 9.44. The second-order valence-electron chi connectivity index (χ2n) is 5.22. The predicted molar refractivity (Wildman–Crippen MR) is 92.8 cm³/mol. The third-order valence-electron chi connectivity index (χ3n) is 3.29. The van der Waals surface area contributed by atoms with Crippen LogP contribution in [0.15, 0.2) is 48.7 Å². The Morgan fingerprint density at radius 3 is 2.54 bits per heavy atom. The first-order valence-electron chi connectivity index (χ1n) is 7.21. The molecule has 1 heterocycles. The maximum atomic E-state index is 12.1. The minimum Gasteiger partial charge on any atom is -0.351 e. The van der Waals surface area contributed by atoms with Crippen molar-refractivity contribution in [2.24, 2.45) is 0 Å². The smallest absolute Gasteiger partial charge is 0.235 e. The molecule has 0 atom stereocenters. The highest BCUT2D eigenvalue weighted by atomic mass is 35.5.